The molecule has 1 saturated heterocycles. The highest BCUT2D eigenvalue weighted by Crippen LogP contribution is 2.15. The Morgan fingerprint density at radius 1 is 1.44 bits per heavy atom. The first-order valence-electron chi connectivity index (χ1n) is 5.33. The fourth-order valence-corrected chi connectivity index (χ4v) is 2.53. The third-order valence-corrected chi connectivity index (χ3v) is 3.71. The van der Waals surface area contributed by atoms with E-state index in [0.29, 0.717) is 6.42 Å². The van der Waals surface area contributed by atoms with Crippen LogP contribution in [0, 0.1) is 0 Å². The summed E-state index contributed by atoms with van der Waals surface area (Å²) < 4.78 is 0. The second-order valence-corrected chi connectivity index (χ2v) is 5.05. The zero-order chi connectivity index (χ0) is 11.5. The number of aryl methyl sites for hydroxylation is 1. The minimum absolute atomic E-state index is 0.00370. The van der Waals surface area contributed by atoms with E-state index in [9.17, 15) is 15.0 Å². The van der Waals surface area contributed by atoms with Crippen LogP contribution in [-0.2, 0) is 11.2 Å². The van der Waals surface area contributed by atoms with E-state index in [1.807, 2.05) is 17.5 Å². The summed E-state index contributed by atoms with van der Waals surface area (Å²) in [4.78, 5) is 14.5. The summed E-state index contributed by atoms with van der Waals surface area (Å²) in [5.74, 6) is 0.00370. The zero-order valence-corrected chi connectivity index (χ0v) is 9.69. The standard InChI is InChI=1S/C11H15NO3S/c13-9-6-12(7-10(9)14)11(15)4-3-8-2-1-5-16-8/h1-2,5,9-10,13-14H,3-4,6-7H2. The smallest absolute Gasteiger partial charge is 0.223 e. The molecule has 5 heteroatoms. The number of aliphatic hydroxyl groups excluding tert-OH is 2. The third-order valence-electron chi connectivity index (χ3n) is 2.78. The monoisotopic (exact) mass is 241 g/mol. The highest BCUT2D eigenvalue weighted by molar-refractivity contribution is 7.09. The van der Waals surface area contributed by atoms with E-state index < -0.39 is 12.2 Å². The molecule has 4 nitrogen and oxygen atoms in total. The molecule has 2 unspecified atom stereocenters. The molecule has 88 valence electrons. The van der Waals surface area contributed by atoms with Crippen LogP contribution in [0.3, 0.4) is 0 Å². The molecule has 2 rings (SSSR count). The topological polar surface area (TPSA) is 60.8 Å². The van der Waals surface area contributed by atoms with Crippen LogP contribution in [-0.4, -0.2) is 46.3 Å². The molecule has 2 heterocycles. The Hall–Kier alpha value is -0.910. The van der Waals surface area contributed by atoms with Gasteiger partial charge >= 0.3 is 0 Å². The fourth-order valence-electron chi connectivity index (χ4n) is 1.82. The van der Waals surface area contributed by atoms with E-state index in [1.165, 1.54) is 9.78 Å². The number of aliphatic hydroxyl groups is 2. The van der Waals surface area contributed by atoms with Crippen LogP contribution < -0.4 is 0 Å². The van der Waals surface area contributed by atoms with Crippen LogP contribution in [0.2, 0.25) is 0 Å². The summed E-state index contributed by atoms with van der Waals surface area (Å²) in [6, 6.07) is 3.97. The predicted molar refractivity (Wildman–Crippen MR) is 61.2 cm³/mol. The number of rotatable bonds is 3. The summed E-state index contributed by atoms with van der Waals surface area (Å²) in [6.45, 7) is 0.509. The predicted octanol–water partition coefficient (Wildman–Crippen LogP) is 0.245. The first-order valence-corrected chi connectivity index (χ1v) is 6.21. The molecule has 1 aromatic heterocycles. The van der Waals surface area contributed by atoms with Crippen molar-refractivity contribution in [2.24, 2.45) is 0 Å². The third kappa shape index (κ3) is 2.61. The van der Waals surface area contributed by atoms with E-state index in [-0.39, 0.29) is 19.0 Å². The molecule has 1 aromatic rings. The Kier molecular flexibility index (Phi) is 3.58. The van der Waals surface area contributed by atoms with Gasteiger partial charge in [-0.15, -0.1) is 11.3 Å². The van der Waals surface area contributed by atoms with Crippen molar-refractivity contribution in [3.63, 3.8) is 0 Å². The van der Waals surface area contributed by atoms with E-state index in [4.69, 9.17) is 0 Å². The fraction of sp³-hybridized carbons (Fsp3) is 0.545. The summed E-state index contributed by atoms with van der Waals surface area (Å²) in [5.41, 5.74) is 0. The van der Waals surface area contributed by atoms with Gasteiger partial charge in [-0.25, -0.2) is 0 Å². The van der Waals surface area contributed by atoms with Crippen molar-refractivity contribution in [2.75, 3.05) is 13.1 Å². The summed E-state index contributed by atoms with van der Waals surface area (Å²) >= 11 is 1.64. The van der Waals surface area contributed by atoms with Crippen molar-refractivity contribution in [2.45, 2.75) is 25.0 Å². The van der Waals surface area contributed by atoms with Gasteiger partial charge in [0.25, 0.3) is 0 Å². The lowest BCUT2D eigenvalue weighted by atomic mass is 10.2. The number of nitrogens with zero attached hydrogens (tertiary/aromatic N) is 1. The Morgan fingerprint density at radius 3 is 2.69 bits per heavy atom. The number of carbonyl (C=O) groups excluding carboxylic acids is 1. The van der Waals surface area contributed by atoms with Crippen LogP contribution in [0.4, 0.5) is 0 Å². The number of hydrogen-bond acceptors (Lipinski definition) is 4. The number of amides is 1. The van der Waals surface area contributed by atoms with Crippen LogP contribution in [0.15, 0.2) is 17.5 Å². The maximum atomic E-state index is 11.7. The molecule has 0 bridgehead atoms. The molecule has 0 aromatic carbocycles. The minimum Gasteiger partial charge on any atom is -0.388 e. The average molecular weight is 241 g/mol. The highest BCUT2D eigenvalue weighted by atomic mass is 32.1. The van der Waals surface area contributed by atoms with Crippen LogP contribution >= 0.6 is 11.3 Å². The van der Waals surface area contributed by atoms with Gasteiger partial charge in [0.1, 0.15) is 0 Å². The van der Waals surface area contributed by atoms with Gasteiger partial charge in [0.15, 0.2) is 0 Å². The van der Waals surface area contributed by atoms with Crippen molar-refractivity contribution in [3.05, 3.63) is 22.4 Å². The molecular weight excluding hydrogens is 226 g/mol. The molecule has 1 aliphatic rings. The molecule has 1 amide bonds. The van der Waals surface area contributed by atoms with Crippen molar-refractivity contribution < 1.29 is 15.0 Å². The lowest BCUT2D eigenvalue weighted by molar-refractivity contribution is -0.130. The van der Waals surface area contributed by atoms with Gasteiger partial charge in [0.2, 0.25) is 5.91 Å². The first-order chi connectivity index (χ1) is 7.66. The van der Waals surface area contributed by atoms with Gasteiger partial charge in [-0.2, -0.15) is 0 Å². The Morgan fingerprint density at radius 2 is 2.12 bits per heavy atom. The van der Waals surface area contributed by atoms with E-state index >= 15 is 0 Å². The highest BCUT2D eigenvalue weighted by Gasteiger charge is 2.31. The maximum absolute atomic E-state index is 11.7. The second kappa shape index (κ2) is 4.95. The van der Waals surface area contributed by atoms with Gasteiger partial charge in [0, 0.05) is 24.4 Å². The largest absolute Gasteiger partial charge is 0.388 e. The van der Waals surface area contributed by atoms with Crippen LogP contribution in [0.1, 0.15) is 11.3 Å². The first kappa shape index (κ1) is 11.6. The molecule has 0 aliphatic carbocycles. The summed E-state index contributed by atoms with van der Waals surface area (Å²) in [5, 5.41) is 20.6. The molecule has 2 atom stereocenters. The van der Waals surface area contributed by atoms with Gasteiger partial charge in [-0.05, 0) is 17.9 Å². The van der Waals surface area contributed by atoms with Gasteiger partial charge < -0.3 is 15.1 Å². The minimum atomic E-state index is -0.786. The lowest BCUT2D eigenvalue weighted by Gasteiger charge is -2.14. The van der Waals surface area contributed by atoms with Gasteiger partial charge in [-0.3, -0.25) is 4.79 Å². The molecule has 0 saturated carbocycles. The molecular formula is C11H15NO3S. The molecule has 0 spiro atoms. The van der Waals surface area contributed by atoms with E-state index in [0.717, 1.165) is 6.42 Å². The quantitative estimate of drug-likeness (QED) is 0.797. The molecule has 1 fully saturated rings. The SMILES string of the molecule is O=C(CCc1cccs1)N1CC(O)C(O)C1. The molecule has 1 aliphatic heterocycles. The van der Waals surface area contributed by atoms with Crippen LogP contribution in [0.25, 0.3) is 0 Å². The summed E-state index contributed by atoms with van der Waals surface area (Å²) in [6.07, 6.45) is -0.393. The Bertz CT molecular complexity index is 342. The van der Waals surface area contributed by atoms with Crippen molar-refractivity contribution in [1.29, 1.82) is 0 Å². The zero-order valence-electron chi connectivity index (χ0n) is 8.87. The number of β-amino-alcohol motifs (C(OH)–C–C–N with tert-alkyl or cyclic N) is 2. The van der Waals surface area contributed by atoms with Crippen molar-refractivity contribution >= 4 is 17.2 Å². The Balaban J connectivity index is 1.80. The van der Waals surface area contributed by atoms with Crippen molar-refractivity contribution in [1.82, 2.24) is 4.90 Å². The van der Waals surface area contributed by atoms with Crippen molar-refractivity contribution in [3.8, 4) is 0 Å². The molecule has 2 N–H and O–H groups in total. The van der Waals surface area contributed by atoms with Gasteiger partial charge in [-0.1, -0.05) is 6.07 Å². The normalized spacial score (nSPS) is 25.0. The molecule has 16 heavy (non-hydrogen) atoms. The lowest BCUT2D eigenvalue weighted by Crippen LogP contribution is -2.29. The number of carbonyl (C=O) groups is 1. The Labute approximate surface area is 98.1 Å². The number of likely N-dealkylation sites (tertiary alicyclic amines) is 1. The summed E-state index contributed by atoms with van der Waals surface area (Å²) in [7, 11) is 0. The number of thiophene rings is 1. The molecule has 0 radical (unpaired) electrons. The average Bonchev–Trinajstić information content (AvgIpc) is 2.86. The van der Waals surface area contributed by atoms with E-state index in [1.54, 1.807) is 11.3 Å². The van der Waals surface area contributed by atoms with Crippen LogP contribution in [0.5, 0.6) is 0 Å². The number of hydrogen-bond donors (Lipinski definition) is 2. The maximum Gasteiger partial charge on any atom is 0.223 e. The van der Waals surface area contributed by atoms with Gasteiger partial charge in [0.05, 0.1) is 12.2 Å². The second-order valence-electron chi connectivity index (χ2n) is 4.01. The van der Waals surface area contributed by atoms with E-state index in [2.05, 4.69) is 0 Å².